The van der Waals surface area contributed by atoms with Gasteiger partial charge in [-0.15, -0.1) is 0 Å². The van der Waals surface area contributed by atoms with E-state index in [1.165, 1.54) is 6.07 Å². The van der Waals surface area contributed by atoms with Crippen molar-refractivity contribution in [3.63, 3.8) is 0 Å². The molecule has 0 aromatic heterocycles. The Labute approximate surface area is 92.2 Å². The summed E-state index contributed by atoms with van der Waals surface area (Å²) in [6.45, 7) is 2.67. The summed E-state index contributed by atoms with van der Waals surface area (Å²) in [5.74, 6) is 0.183. The molecule has 0 aliphatic rings. The van der Waals surface area contributed by atoms with Gasteiger partial charge in [0.1, 0.15) is 5.75 Å². The first-order valence-corrected chi connectivity index (χ1v) is 4.90. The van der Waals surface area contributed by atoms with Gasteiger partial charge in [0.2, 0.25) is 0 Å². The molecule has 0 saturated carbocycles. The highest BCUT2D eigenvalue weighted by Gasteiger charge is 2.38. The molecule has 1 aromatic rings. The lowest BCUT2D eigenvalue weighted by Gasteiger charge is -2.20. The molecule has 0 amide bonds. The van der Waals surface area contributed by atoms with Crippen LogP contribution >= 0.6 is 0 Å². The summed E-state index contributed by atoms with van der Waals surface area (Å²) in [6.07, 6.45) is -6.21. The maximum Gasteiger partial charge on any atom is 0.425 e. The van der Waals surface area contributed by atoms with E-state index in [9.17, 15) is 13.2 Å². The lowest BCUT2D eigenvalue weighted by atomic mass is 10.1. The van der Waals surface area contributed by atoms with Crippen molar-refractivity contribution in [1.29, 1.82) is 0 Å². The topological polar surface area (TPSA) is 35.2 Å². The largest absolute Gasteiger partial charge is 0.481 e. The Morgan fingerprint density at radius 1 is 1.19 bits per heavy atom. The molecular weight excluding hydrogens is 219 g/mol. The number of hydrogen-bond acceptors (Lipinski definition) is 2. The molecule has 0 aliphatic heterocycles. The van der Waals surface area contributed by atoms with Gasteiger partial charge in [-0.3, -0.25) is 0 Å². The summed E-state index contributed by atoms with van der Waals surface area (Å²) in [5, 5.41) is 0. The predicted octanol–water partition coefficient (Wildman–Crippen LogP) is 3.04. The average Bonchev–Trinajstić information content (AvgIpc) is 2.16. The number of benzene rings is 1. The summed E-state index contributed by atoms with van der Waals surface area (Å²) in [7, 11) is 0. The van der Waals surface area contributed by atoms with Crippen LogP contribution in [-0.2, 0) is 0 Å². The normalized spacial score (nSPS) is 15.6. The number of halogens is 3. The van der Waals surface area contributed by atoms with Crippen molar-refractivity contribution in [3.05, 3.63) is 29.8 Å². The molecule has 0 bridgehead atoms. The second-order valence-corrected chi connectivity index (χ2v) is 3.63. The average molecular weight is 233 g/mol. The van der Waals surface area contributed by atoms with E-state index in [0.717, 1.165) is 6.92 Å². The Morgan fingerprint density at radius 2 is 1.75 bits per heavy atom. The molecule has 2 nitrogen and oxygen atoms in total. The summed E-state index contributed by atoms with van der Waals surface area (Å²) in [4.78, 5) is 0. The molecular formula is C11H14F3NO. The number of hydrogen-bond donors (Lipinski definition) is 1. The smallest absolute Gasteiger partial charge is 0.425 e. The molecule has 1 unspecified atom stereocenters. The molecule has 0 radical (unpaired) electrons. The fourth-order valence-electron chi connectivity index (χ4n) is 1.22. The molecule has 1 rings (SSSR count). The number of nitrogens with two attached hydrogens (primary N) is 1. The number of alkyl halides is 3. The van der Waals surface area contributed by atoms with Gasteiger partial charge in [0.05, 0.1) is 0 Å². The van der Waals surface area contributed by atoms with Crippen molar-refractivity contribution >= 4 is 0 Å². The minimum absolute atomic E-state index is 0.183. The van der Waals surface area contributed by atoms with Gasteiger partial charge in [-0.05, 0) is 19.9 Å². The predicted molar refractivity (Wildman–Crippen MR) is 55.2 cm³/mol. The summed E-state index contributed by atoms with van der Waals surface area (Å²) < 4.78 is 41.8. The van der Waals surface area contributed by atoms with E-state index in [1.807, 2.05) is 0 Å². The Bertz CT molecular complexity index is 349. The second kappa shape index (κ2) is 4.74. The first-order valence-electron chi connectivity index (χ1n) is 4.90. The molecule has 0 saturated heterocycles. The highest BCUT2D eigenvalue weighted by Crippen LogP contribution is 2.29. The molecule has 0 spiro atoms. The third kappa shape index (κ3) is 3.13. The molecule has 5 heteroatoms. The first-order chi connectivity index (χ1) is 7.32. The number of para-hydroxylation sites is 1. The first kappa shape index (κ1) is 12.8. The van der Waals surface area contributed by atoms with Gasteiger partial charge in [-0.25, -0.2) is 0 Å². The molecule has 16 heavy (non-hydrogen) atoms. The Kier molecular flexibility index (Phi) is 3.80. The molecule has 0 aliphatic carbocycles. The second-order valence-electron chi connectivity index (χ2n) is 3.63. The quantitative estimate of drug-likeness (QED) is 0.870. The van der Waals surface area contributed by atoms with Crippen LogP contribution in [0.2, 0.25) is 0 Å². The fourth-order valence-corrected chi connectivity index (χ4v) is 1.22. The molecule has 1 aromatic carbocycles. The van der Waals surface area contributed by atoms with Crippen molar-refractivity contribution in [1.82, 2.24) is 0 Å². The van der Waals surface area contributed by atoms with E-state index in [2.05, 4.69) is 0 Å². The van der Waals surface area contributed by atoms with Crippen LogP contribution in [0.3, 0.4) is 0 Å². The van der Waals surface area contributed by atoms with Gasteiger partial charge in [0.25, 0.3) is 0 Å². The third-order valence-electron chi connectivity index (χ3n) is 2.17. The maximum absolute atomic E-state index is 12.3. The van der Waals surface area contributed by atoms with Crippen molar-refractivity contribution in [3.8, 4) is 5.75 Å². The molecule has 90 valence electrons. The maximum atomic E-state index is 12.3. The lowest BCUT2D eigenvalue weighted by molar-refractivity contribution is -0.189. The molecule has 2 atom stereocenters. The Morgan fingerprint density at radius 3 is 2.25 bits per heavy atom. The van der Waals surface area contributed by atoms with Crippen LogP contribution in [0.1, 0.15) is 25.5 Å². The van der Waals surface area contributed by atoms with Gasteiger partial charge in [-0.2, -0.15) is 13.2 Å². The van der Waals surface area contributed by atoms with Gasteiger partial charge in [0.15, 0.2) is 6.10 Å². The van der Waals surface area contributed by atoms with E-state index in [0.29, 0.717) is 5.56 Å². The summed E-state index contributed by atoms with van der Waals surface area (Å²) in [5.41, 5.74) is 6.21. The number of ether oxygens (including phenoxy) is 1. The van der Waals surface area contributed by atoms with Crippen LogP contribution in [0, 0.1) is 0 Å². The van der Waals surface area contributed by atoms with E-state index in [1.54, 1.807) is 25.1 Å². The van der Waals surface area contributed by atoms with Crippen molar-refractivity contribution in [2.75, 3.05) is 0 Å². The zero-order valence-corrected chi connectivity index (χ0v) is 9.08. The van der Waals surface area contributed by atoms with Crippen LogP contribution in [-0.4, -0.2) is 12.3 Å². The molecule has 2 N–H and O–H groups in total. The third-order valence-corrected chi connectivity index (χ3v) is 2.17. The minimum Gasteiger partial charge on any atom is -0.481 e. The van der Waals surface area contributed by atoms with Crippen molar-refractivity contribution in [2.45, 2.75) is 32.2 Å². The van der Waals surface area contributed by atoms with E-state index >= 15 is 0 Å². The van der Waals surface area contributed by atoms with E-state index < -0.39 is 12.3 Å². The van der Waals surface area contributed by atoms with Crippen LogP contribution in [0.4, 0.5) is 13.2 Å². The van der Waals surface area contributed by atoms with Gasteiger partial charge >= 0.3 is 6.18 Å². The Balaban J connectivity index is 2.89. The minimum atomic E-state index is -4.37. The van der Waals surface area contributed by atoms with Crippen LogP contribution in [0.5, 0.6) is 5.75 Å². The zero-order valence-electron chi connectivity index (χ0n) is 9.08. The van der Waals surface area contributed by atoms with Gasteiger partial charge in [-0.1, -0.05) is 18.2 Å². The van der Waals surface area contributed by atoms with E-state index in [4.69, 9.17) is 10.5 Å². The lowest BCUT2D eigenvalue weighted by Crippen LogP contribution is -2.31. The summed E-state index contributed by atoms with van der Waals surface area (Å²) >= 11 is 0. The van der Waals surface area contributed by atoms with Gasteiger partial charge in [0, 0.05) is 11.6 Å². The molecule has 0 heterocycles. The van der Waals surface area contributed by atoms with Crippen LogP contribution in [0.25, 0.3) is 0 Å². The number of rotatable bonds is 3. The monoisotopic (exact) mass is 233 g/mol. The van der Waals surface area contributed by atoms with E-state index in [-0.39, 0.29) is 11.8 Å². The fraction of sp³-hybridized carbons (Fsp3) is 0.455. The van der Waals surface area contributed by atoms with Crippen molar-refractivity contribution < 1.29 is 17.9 Å². The van der Waals surface area contributed by atoms with Crippen molar-refractivity contribution in [2.24, 2.45) is 5.73 Å². The van der Waals surface area contributed by atoms with Gasteiger partial charge < -0.3 is 10.5 Å². The molecule has 0 fully saturated rings. The van der Waals surface area contributed by atoms with Crippen LogP contribution < -0.4 is 10.5 Å². The zero-order chi connectivity index (χ0) is 12.3. The standard InChI is InChI=1S/C11H14F3NO/c1-7(15)9-5-3-4-6-10(9)16-8(2)11(12,13)14/h3-8H,15H2,1-2H3/t7-,8?/m1/s1. The summed E-state index contributed by atoms with van der Waals surface area (Å²) in [6, 6.07) is 6.11. The highest BCUT2D eigenvalue weighted by atomic mass is 19.4. The van der Waals surface area contributed by atoms with Crippen LogP contribution in [0.15, 0.2) is 24.3 Å². The highest BCUT2D eigenvalue weighted by molar-refractivity contribution is 5.35. The SMILES string of the molecule is CC(Oc1ccccc1[C@@H](C)N)C(F)(F)F. The Hall–Kier alpha value is -1.23.